The molecule has 0 saturated heterocycles. The summed E-state index contributed by atoms with van der Waals surface area (Å²) in [4.78, 5) is 42.0. The second kappa shape index (κ2) is 14.4. The van der Waals surface area contributed by atoms with E-state index in [0.29, 0.717) is 16.7 Å². The van der Waals surface area contributed by atoms with E-state index in [9.17, 15) is 29.7 Å². The van der Waals surface area contributed by atoms with Crippen LogP contribution < -0.4 is 10.6 Å². The Labute approximate surface area is 245 Å². The minimum atomic E-state index is -1.20. The highest BCUT2D eigenvalue weighted by Gasteiger charge is 2.36. The number of aryl methyl sites for hydroxylation is 1. The van der Waals surface area contributed by atoms with Gasteiger partial charge in [-0.3, -0.25) is 9.59 Å². The van der Waals surface area contributed by atoms with Gasteiger partial charge in [0.1, 0.15) is 29.2 Å². The lowest BCUT2D eigenvalue weighted by molar-refractivity contribution is -0.143. The highest BCUT2D eigenvalue weighted by molar-refractivity contribution is 5.92. The van der Waals surface area contributed by atoms with Gasteiger partial charge in [-0.15, -0.1) is 0 Å². The van der Waals surface area contributed by atoms with Gasteiger partial charge in [-0.1, -0.05) is 48.5 Å². The van der Waals surface area contributed by atoms with Gasteiger partial charge in [0, 0.05) is 19.5 Å². The number of phenolic OH excluding ortho intramolecular Hbond substituents is 2. The normalized spacial score (nSPS) is 12.6. The Bertz CT molecular complexity index is 1350. The molecule has 3 aromatic carbocycles. The van der Waals surface area contributed by atoms with Crippen LogP contribution in [-0.4, -0.2) is 62.9 Å². The summed E-state index contributed by atoms with van der Waals surface area (Å²) < 4.78 is 5.41. The zero-order valence-corrected chi connectivity index (χ0v) is 24.3. The Morgan fingerprint density at radius 2 is 1.60 bits per heavy atom. The van der Waals surface area contributed by atoms with Gasteiger partial charge >= 0.3 is 6.09 Å². The van der Waals surface area contributed by atoms with Crippen molar-refractivity contribution < 1.29 is 34.4 Å². The molecule has 3 aromatic rings. The van der Waals surface area contributed by atoms with Crippen molar-refractivity contribution in [3.05, 3.63) is 95.1 Å². The molecule has 0 fully saturated rings. The van der Waals surface area contributed by atoms with Gasteiger partial charge in [-0.2, -0.15) is 0 Å². The molecule has 10 heteroatoms. The SMILES string of the molecule is Cc1cc(C(C(=O)NCc2ccccc2)N(CCO)C(=O)C(Cc2ccc(O)cc2)NC(=O)OC(C)(C)C)ccc1O. The van der Waals surface area contributed by atoms with E-state index in [1.54, 1.807) is 52.0 Å². The number of aromatic hydroxyl groups is 2. The van der Waals surface area contributed by atoms with E-state index < -0.39 is 42.2 Å². The number of benzene rings is 3. The summed E-state index contributed by atoms with van der Waals surface area (Å²) in [5.74, 6) is -1.07. The number of nitrogens with one attached hydrogen (secondary N) is 2. The van der Waals surface area contributed by atoms with Crippen LogP contribution in [0.5, 0.6) is 11.5 Å². The van der Waals surface area contributed by atoms with E-state index in [1.807, 2.05) is 30.3 Å². The predicted molar refractivity (Wildman–Crippen MR) is 158 cm³/mol. The van der Waals surface area contributed by atoms with Crippen LogP contribution in [0.4, 0.5) is 4.79 Å². The topological polar surface area (TPSA) is 148 Å². The summed E-state index contributed by atoms with van der Waals surface area (Å²) in [6.07, 6.45) is -0.804. The molecule has 0 bridgehead atoms. The van der Waals surface area contributed by atoms with Crippen molar-refractivity contribution in [1.82, 2.24) is 15.5 Å². The van der Waals surface area contributed by atoms with E-state index in [0.717, 1.165) is 5.56 Å². The Hall–Kier alpha value is -4.57. The third-order valence-corrected chi connectivity index (χ3v) is 6.40. The Morgan fingerprint density at radius 3 is 2.19 bits per heavy atom. The number of hydrogen-bond donors (Lipinski definition) is 5. The van der Waals surface area contributed by atoms with Crippen molar-refractivity contribution in [2.24, 2.45) is 0 Å². The molecule has 0 aliphatic carbocycles. The summed E-state index contributed by atoms with van der Waals surface area (Å²) in [5, 5.41) is 35.3. The number of rotatable bonds is 11. The number of ether oxygens (including phenoxy) is 1. The molecule has 3 rings (SSSR count). The van der Waals surface area contributed by atoms with Crippen molar-refractivity contribution in [3.63, 3.8) is 0 Å². The first-order valence-corrected chi connectivity index (χ1v) is 13.7. The summed E-state index contributed by atoms with van der Waals surface area (Å²) in [5.41, 5.74) is 1.57. The molecule has 0 aromatic heterocycles. The predicted octanol–water partition coefficient (Wildman–Crippen LogP) is 3.72. The van der Waals surface area contributed by atoms with Crippen LogP contribution in [0.2, 0.25) is 0 Å². The van der Waals surface area contributed by atoms with E-state index in [4.69, 9.17) is 4.74 Å². The summed E-state index contributed by atoms with van der Waals surface area (Å²) in [6.45, 7) is 6.29. The maximum atomic E-state index is 14.2. The second-order valence-electron chi connectivity index (χ2n) is 11.0. The van der Waals surface area contributed by atoms with Gasteiger partial charge in [0.2, 0.25) is 11.8 Å². The Kier molecular flexibility index (Phi) is 10.9. The monoisotopic (exact) mass is 577 g/mol. The highest BCUT2D eigenvalue weighted by Crippen LogP contribution is 2.27. The number of carbonyl (C=O) groups is 3. The zero-order chi connectivity index (χ0) is 30.9. The van der Waals surface area contributed by atoms with Crippen LogP contribution in [-0.2, 0) is 27.3 Å². The van der Waals surface area contributed by atoms with Gasteiger partial charge < -0.3 is 35.6 Å². The maximum Gasteiger partial charge on any atom is 0.408 e. The number of nitrogens with zero attached hydrogens (tertiary/aromatic N) is 1. The average Bonchev–Trinajstić information content (AvgIpc) is 2.93. The van der Waals surface area contributed by atoms with Gasteiger partial charge in [0.25, 0.3) is 0 Å². The van der Waals surface area contributed by atoms with Crippen LogP contribution in [0, 0.1) is 6.92 Å². The Balaban J connectivity index is 2.01. The lowest BCUT2D eigenvalue weighted by Crippen LogP contribution is -2.54. The molecule has 0 aliphatic heterocycles. The minimum absolute atomic E-state index is 0.0211. The molecule has 224 valence electrons. The molecule has 42 heavy (non-hydrogen) atoms. The van der Waals surface area contributed by atoms with E-state index in [2.05, 4.69) is 10.6 Å². The number of carbonyl (C=O) groups excluding carboxylic acids is 3. The zero-order valence-electron chi connectivity index (χ0n) is 24.3. The number of alkyl carbamates (subject to hydrolysis) is 1. The first kappa shape index (κ1) is 32.0. The summed E-state index contributed by atoms with van der Waals surface area (Å²) in [7, 11) is 0. The first-order valence-electron chi connectivity index (χ1n) is 13.7. The number of phenols is 2. The van der Waals surface area contributed by atoms with E-state index in [-0.39, 0.29) is 31.0 Å². The molecular formula is C32H39N3O7. The van der Waals surface area contributed by atoms with Crippen LogP contribution >= 0.6 is 0 Å². The average molecular weight is 578 g/mol. The molecule has 3 amide bonds. The quantitative estimate of drug-likeness (QED) is 0.233. The standard InChI is InChI=1S/C32H39N3O7/c1-21-18-24(12-15-27(21)38)28(29(39)33-20-23-8-6-5-7-9-23)35(16-17-36)30(40)26(34-31(41)42-32(2,3)4)19-22-10-13-25(37)14-11-22/h5-15,18,26,28,36-38H,16-17,19-20H2,1-4H3,(H,33,39)(H,34,41). The van der Waals surface area contributed by atoms with Crippen LogP contribution in [0.25, 0.3) is 0 Å². The van der Waals surface area contributed by atoms with Crippen molar-refractivity contribution in [2.75, 3.05) is 13.2 Å². The minimum Gasteiger partial charge on any atom is -0.508 e. The second-order valence-corrected chi connectivity index (χ2v) is 11.0. The molecule has 0 saturated carbocycles. The van der Waals surface area contributed by atoms with Crippen LogP contribution in [0.3, 0.4) is 0 Å². The highest BCUT2D eigenvalue weighted by atomic mass is 16.6. The van der Waals surface area contributed by atoms with Crippen LogP contribution in [0.1, 0.15) is 49.1 Å². The molecular weight excluding hydrogens is 538 g/mol. The van der Waals surface area contributed by atoms with E-state index >= 15 is 0 Å². The van der Waals surface area contributed by atoms with Crippen molar-refractivity contribution in [1.29, 1.82) is 0 Å². The molecule has 0 aliphatic rings. The lowest BCUT2D eigenvalue weighted by Gasteiger charge is -2.34. The van der Waals surface area contributed by atoms with Crippen molar-refractivity contribution >= 4 is 17.9 Å². The smallest absolute Gasteiger partial charge is 0.408 e. The van der Waals surface area contributed by atoms with Gasteiger partial charge in [0.15, 0.2) is 0 Å². The third kappa shape index (κ3) is 9.24. The molecule has 5 N–H and O–H groups in total. The fraction of sp³-hybridized carbons (Fsp3) is 0.344. The van der Waals surface area contributed by atoms with Crippen molar-refractivity contribution in [3.8, 4) is 11.5 Å². The molecule has 2 unspecified atom stereocenters. The van der Waals surface area contributed by atoms with Gasteiger partial charge in [-0.05, 0) is 74.2 Å². The molecule has 0 spiro atoms. The summed E-state index contributed by atoms with van der Waals surface area (Å²) in [6, 6.07) is 17.7. The van der Waals surface area contributed by atoms with Crippen LogP contribution in [0.15, 0.2) is 72.8 Å². The van der Waals surface area contributed by atoms with Gasteiger partial charge in [0.05, 0.1) is 6.61 Å². The number of aliphatic hydroxyl groups is 1. The lowest BCUT2D eigenvalue weighted by atomic mass is 9.98. The molecule has 0 radical (unpaired) electrons. The number of hydrogen-bond acceptors (Lipinski definition) is 7. The van der Waals surface area contributed by atoms with Crippen molar-refractivity contribution in [2.45, 2.75) is 58.3 Å². The molecule has 2 atom stereocenters. The first-order chi connectivity index (χ1) is 19.9. The van der Waals surface area contributed by atoms with Gasteiger partial charge in [-0.25, -0.2) is 4.79 Å². The third-order valence-electron chi connectivity index (χ3n) is 6.40. The molecule has 10 nitrogen and oxygen atoms in total. The van der Waals surface area contributed by atoms with E-state index in [1.165, 1.54) is 23.1 Å². The number of aliphatic hydroxyl groups excluding tert-OH is 1. The summed E-state index contributed by atoms with van der Waals surface area (Å²) >= 11 is 0. The largest absolute Gasteiger partial charge is 0.508 e. The fourth-order valence-corrected chi connectivity index (χ4v) is 4.40. The number of amides is 3. The maximum absolute atomic E-state index is 14.2. The fourth-order valence-electron chi connectivity index (χ4n) is 4.40. The molecule has 0 heterocycles. The Morgan fingerprint density at radius 1 is 0.929 bits per heavy atom.